The summed E-state index contributed by atoms with van der Waals surface area (Å²) in [5.74, 6) is 0.708. The third-order valence-corrected chi connectivity index (χ3v) is 12.9. The molecule has 1 aliphatic heterocycles. The predicted molar refractivity (Wildman–Crippen MR) is 235 cm³/mol. The van der Waals surface area contributed by atoms with Crippen molar-refractivity contribution in [2.24, 2.45) is 0 Å². The molecule has 0 atom stereocenters. The monoisotopic (exact) mass is 783 g/mol. The van der Waals surface area contributed by atoms with Crippen LogP contribution in [0.1, 0.15) is 127 Å². The van der Waals surface area contributed by atoms with Gasteiger partial charge in [-0.05, 0) is 142 Å². The summed E-state index contributed by atoms with van der Waals surface area (Å²) in [7, 11) is -0.340. The Morgan fingerprint density at radius 3 is 1.36 bits per heavy atom. The fourth-order valence-electron chi connectivity index (χ4n) is 8.13. The van der Waals surface area contributed by atoms with E-state index in [1.165, 1.54) is 38.9 Å². The summed E-state index contributed by atoms with van der Waals surface area (Å²) in [4.78, 5) is 20.6. The summed E-state index contributed by atoms with van der Waals surface area (Å²) in [5, 5.41) is 19.9. The van der Waals surface area contributed by atoms with Crippen LogP contribution >= 0.6 is 0 Å². The van der Waals surface area contributed by atoms with Gasteiger partial charge in [0.2, 0.25) is 0 Å². The van der Waals surface area contributed by atoms with E-state index in [9.17, 15) is 10.2 Å². The van der Waals surface area contributed by atoms with Crippen LogP contribution in [0, 0.1) is 13.8 Å². The Kier molecular flexibility index (Phi) is 15.1. The van der Waals surface area contributed by atoms with E-state index in [4.69, 9.17) is 18.9 Å². The average Bonchev–Trinajstić information content (AvgIpc) is 3.45. The molecule has 4 aromatic carbocycles. The third kappa shape index (κ3) is 9.47. The molecule has 1 aromatic heterocycles. The van der Waals surface area contributed by atoms with Crippen molar-refractivity contribution in [1.29, 1.82) is 0 Å². The summed E-state index contributed by atoms with van der Waals surface area (Å²) >= 11 is 0. The first-order chi connectivity index (χ1) is 27.5. The number of carbonyl (C=O) groups excluding carboxylic acids is 2. The van der Waals surface area contributed by atoms with Crippen LogP contribution in [-0.2, 0) is 36.1 Å². The van der Waals surface area contributed by atoms with Crippen LogP contribution in [0.4, 0.5) is 0 Å². The molecule has 6 rings (SSSR count). The Balaban J connectivity index is 0.000000241. The highest BCUT2D eigenvalue weighted by atomic mass is 16.7. The molecule has 0 spiro atoms. The molecule has 2 heterocycles. The van der Waals surface area contributed by atoms with Crippen molar-refractivity contribution in [3.63, 3.8) is 0 Å². The van der Waals surface area contributed by atoms with Gasteiger partial charge in [-0.2, -0.15) is 9.59 Å². The molecule has 0 amide bonds. The molecule has 58 heavy (non-hydrogen) atoms. The lowest BCUT2D eigenvalue weighted by Gasteiger charge is -2.34. The molecule has 8 heteroatoms. The minimum Gasteiger partial charge on any atom is -0.508 e. The van der Waals surface area contributed by atoms with Gasteiger partial charge in [-0.1, -0.05) is 107 Å². The lowest BCUT2D eigenvalue weighted by Crippen LogP contribution is -2.41. The lowest BCUT2D eigenvalue weighted by atomic mass is 9.69. The number of aromatic hydroxyl groups is 2. The van der Waals surface area contributed by atoms with E-state index < -0.39 is 0 Å². The van der Waals surface area contributed by atoms with Gasteiger partial charge in [0.15, 0.2) is 0 Å². The maximum absolute atomic E-state index is 9.94. The Morgan fingerprint density at radius 2 is 0.983 bits per heavy atom. The first-order valence-corrected chi connectivity index (χ1v) is 20.6. The number of phenolic OH excluding ortho intramolecular Hbond substituents is 2. The molecule has 1 fully saturated rings. The Morgan fingerprint density at radius 1 is 0.586 bits per heavy atom. The van der Waals surface area contributed by atoms with Crippen molar-refractivity contribution in [3.8, 4) is 22.6 Å². The number of phenols is 2. The average molecular weight is 784 g/mol. The summed E-state index contributed by atoms with van der Waals surface area (Å²) in [6.45, 7) is 23.3. The van der Waals surface area contributed by atoms with Crippen molar-refractivity contribution in [1.82, 2.24) is 4.98 Å². The zero-order valence-corrected chi connectivity index (χ0v) is 36.4. The quantitative estimate of drug-likeness (QED) is 0.128. The van der Waals surface area contributed by atoms with Crippen LogP contribution < -0.4 is 5.46 Å². The molecule has 0 radical (unpaired) electrons. The Hall–Kier alpha value is -5.01. The molecule has 0 saturated carbocycles. The number of nitrogens with zero attached hydrogens (tertiary/aromatic N) is 1. The molecule has 1 saturated heterocycles. The lowest BCUT2D eigenvalue weighted by molar-refractivity contribution is -0.191. The Labute approximate surface area is 347 Å². The van der Waals surface area contributed by atoms with E-state index in [-0.39, 0.29) is 35.3 Å². The van der Waals surface area contributed by atoms with Gasteiger partial charge < -0.3 is 19.5 Å². The van der Waals surface area contributed by atoms with Crippen LogP contribution in [0.5, 0.6) is 11.5 Å². The van der Waals surface area contributed by atoms with Crippen molar-refractivity contribution in [3.05, 3.63) is 142 Å². The smallest absolute Gasteiger partial charge is 0.494 e. The van der Waals surface area contributed by atoms with Crippen molar-refractivity contribution in [2.45, 2.75) is 130 Å². The standard InChI is InChI=1S/C25H29NO.C24H33BO3.CO2/c1-5-19-15-21(17-26-16-19)20-8-10-22(11-9-20)25(6-2,7-3)23-12-13-24(27)18(4)14-23;1-8-24(9-2,19-12-15-21(26)17(3)16-19)18-10-13-20(14-11-18)25-27-22(4,5)23(6,7)28-25;2-1-3/h8-17,27H,5-7H2,1-4H3;10-16,26H,8-9H2,1-7H3;. The van der Waals surface area contributed by atoms with E-state index in [1.54, 1.807) is 0 Å². The summed E-state index contributed by atoms with van der Waals surface area (Å²) < 4.78 is 12.4. The van der Waals surface area contributed by atoms with Gasteiger partial charge in [-0.3, -0.25) is 4.98 Å². The second-order valence-electron chi connectivity index (χ2n) is 16.4. The molecule has 0 aliphatic carbocycles. The first-order valence-electron chi connectivity index (χ1n) is 20.6. The second kappa shape index (κ2) is 19.2. The van der Waals surface area contributed by atoms with Gasteiger partial charge in [0.1, 0.15) is 11.5 Å². The van der Waals surface area contributed by atoms with Crippen LogP contribution in [0.15, 0.2) is 103 Å². The highest BCUT2D eigenvalue weighted by molar-refractivity contribution is 6.62. The molecule has 2 N–H and O–H groups in total. The van der Waals surface area contributed by atoms with E-state index in [0.29, 0.717) is 11.5 Å². The first kappa shape index (κ1) is 45.7. The number of aromatic nitrogens is 1. The van der Waals surface area contributed by atoms with E-state index >= 15 is 0 Å². The zero-order valence-electron chi connectivity index (χ0n) is 36.4. The van der Waals surface area contributed by atoms with Gasteiger partial charge in [-0.25, -0.2) is 0 Å². The Bertz CT molecular complexity index is 2130. The van der Waals surface area contributed by atoms with Crippen molar-refractivity contribution >= 4 is 18.7 Å². The van der Waals surface area contributed by atoms with Crippen LogP contribution in [-0.4, -0.2) is 39.7 Å². The molecule has 0 unspecified atom stereocenters. The molecular weight excluding hydrogens is 721 g/mol. The number of aryl methyl sites for hydroxylation is 3. The molecule has 1 aliphatic rings. The van der Waals surface area contributed by atoms with Gasteiger partial charge >= 0.3 is 13.3 Å². The number of pyridine rings is 1. The fraction of sp³-hybridized carbons (Fsp3) is 0.400. The minimum absolute atomic E-state index is 0.0412. The summed E-state index contributed by atoms with van der Waals surface area (Å²) in [5.41, 5.74) is 10.8. The predicted octanol–water partition coefficient (Wildman–Crippen LogP) is 11.0. The largest absolute Gasteiger partial charge is 0.508 e. The van der Waals surface area contributed by atoms with E-state index in [0.717, 1.165) is 48.7 Å². The third-order valence-electron chi connectivity index (χ3n) is 12.9. The summed E-state index contributed by atoms with van der Waals surface area (Å²) in [6, 6.07) is 31.8. The zero-order chi connectivity index (χ0) is 42.9. The number of benzene rings is 4. The van der Waals surface area contributed by atoms with Gasteiger partial charge in [0, 0.05) is 28.8 Å². The fourth-order valence-corrected chi connectivity index (χ4v) is 8.13. The van der Waals surface area contributed by atoms with E-state index in [2.05, 4.69) is 146 Å². The second-order valence-corrected chi connectivity index (χ2v) is 16.4. The van der Waals surface area contributed by atoms with Crippen LogP contribution in [0.25, 0.3) is 11.1 Å². The molecule has 0 bridgehead atoms. The highest BCUT2D eigenvalue weighted by Gasteiger charge is 2.51. The maximum atomic E-state index is 9.94. The van der Waals surface area contributed by atoms with Crippen molar-refractivity contribution < 1.29 is 29.1 Å². The molecule has 306 valence electrons. The van der Waals surface area contributed by atoms with Gasteiger partial charge in [0.25, 0.3) is 0 Å². The molecule has 5 aromatic rings. The number of rotatable bonds is 11. The maximum Gasteiger partial charge on any atom is 0.494 e. The van der Waals surface area contributed by atoms with Crippen LogP contribution in [0.3, 0.4) is 0 Å². The van der Waals surface area contributed by atoms with Crippen molar-refractivity contribution in [2.75, 3.05) is 0 Å². The molecule has 7 nitrogen and oxygen atoms in total. The van der Waals surface area contributed by atoms with Gasteiger partial charge in [-0.15, -0.1) is 0 Å². The summed E-state index contributed by atoms with van der Waals surface area (Å²) in [6.07, 6.45) is 9.12. The number of hydrogen-bond donors (Lipinski definition) is 2. The van der Waals surface area contributed by atoms with E-state index in [1.807, 2.05) is 38.4 Å². The SMILES string of the molecule is CCC(CC)(c1ccc(B2OC(C)(C)C(C)(C)O2)cc1)c1ccc(O)c(C)c1.CCc1cncc(-c2ccc(C(CC)(CC)c3ccc(O)c(C)c3)cc2)c1.O=C=O. The van der Waals surface area contributed by atoms with Gasteiger partial charge in [0.05, 0.1) is 11.2 Å². The number of hydrogen-bond acceptors (Lipinski definition) is 7. The minimum atomic E-state index is -0.340. The molecular formula is C50H62BNO6. The normalized spacial score (nSPS) is 14.4. The highest BCUT2D eigenvalue weighted by Crippen LogP contribution is 2.42. The topological polar surface area (TPSA) is 106 Å². The van der Waals surface area contributed by atoms with Crippen LogP contribution in [0.2, 0.25) is 0 Å².